The quantitative estimate of drug-likeness (QED) is 0.807. The van der Waals surface area contributed by atoms with Crippen LogP contribution in [0.25, 0.3) is 11.0 Å². The lowest BCUT2D eigenvalue weighted by molar-refractivity contribution is -0.122. The number of aryl methyl sites for hydroxylation is 1. The SMILES string of the molecule is CCN(CC(=O)NC(C)(C)C)S(=O)(=O)CCn1cnc2ccccc21. The summed E-state index contributed by atoms with van der Waals surface area (Å²) in [4.78, 5) is 16.3. The molecule has 0 bridgehead atoms. The van der Waals surface area contributed by atoms with Crippen molar-refractivity contribution in [3.05, 3.63) is 30.6 Å². The first kappa shape index (κ1) is 19.4. The Morgan fingerprint density at radius 3 is 2.60 bits per heavy atom. The summed E-state index contributed by atoms with van der Waals surface area (Å²) in [5, 5.41) is 2.79. The standard InChI is InChI=1S/C17H26N4O3S/c1-5-21(12-16(22)19-17(2,3)4)25(23,24)11-10-20-13-18-14-8-6-7-9-15(14)20/h6-9,13H,5,10-12H2,1-4H3,(H,19,22). The van der Waals surface area contributed by atoms with Gasteiger partial charge in [0.15, 0.2) is 0 Å². The van der Waals surface area contributed by atoms with E-state index in [9.17, 15) is 13.2 Å². The number of nitrogens with one attached hydrogen (secondary N) is 1. The van der Waals surface area contributed by atoms with Crippen LogP contribution in [0.1, 0.15) is 27.7 Å². The van der Waals surface area contributed by atoms with Crippen LogP contribution < -0.4 is 5.32 Å². The summed E-state index contributed by atoms with van der Waals surface area (Å²) in [6.07, 6.45) is 1.64. The van der Waals surface area contributed by atoms with Gasteiger partial charge in [-0.05, 0) is 32.9 Å². The van der Waals surface area contributed by atoms with Crippen molar-refractivity contribution in [1.82, 2.24) is 19.2 Å². The van der Waals surface area contributed by atoms with Crippen LogP contribution >= 0.6 is 0 Å². The fourth-order valence-corrected chi connectivity index (χ4v) is 3.95. The van der Waals surface area contributed by atoms with Gasteiger partial charge in [0.1, 0.15) is 0 Å². The summed E-state index contributed by atoms with van der Waals surface area (Å²) < 4.78 is 28.2. The highest BCUT2D eigenvalue weighted by Crippen LogP contribution is 2.12. The fourth-order valence-electron chi connectivity index (χ4n) is 2.56. The lowest BCUT2D eigenvalue weighted by atomic mass is 10.1. The smallest absolute Gasteiger partial charge is 0.235 e. The summed E-state index contributed by atoms with van der Waals surface area (Å²) >= 11 is 0. The molecule has 1 aromatic heterocycles. The molecule has 8 heteroatoms. The molecule has 138 valence electrons. The van der Waals surface area contributed by atoms with Gasteiger partial charge in [-0.25, -0.2) is 13.4 Å². The minimum absolute atomic E-state index is 0.0794. The zero-order valence-electron chi connectivity index (χ0n) is 15.2. The first-order valence-electron chi connectivity index (χ1n) is 8.31. The maximum Gasteiger partial charge on any atom is 0.235 e. The van der Waals surface area contributed by atoms with E-state index in [1.807, 2.05) is 49.6 Å². The molecule has 1 N–H and O–H groups in total. The number of hydrogen-bond donors (Lipinski definition) is 1. The molecule has 0 aliphatic carbocycles. The highest BCUT2D eigenvalue weighted by molar-refractivity contribution is 7.89. The van der Waals surface area contributed by atoms with E-state index in [2.05, 4.69) is 10.3 Å². The molecule has 0 unspecified atom stereocenters. The molecule has 0 spiro atoms. The number of carbonyl (C=O) groups is 1. The summed E-state index contributed by atoms with van der Waals surface area (Å²) in [5.41, 5.74) is 1.33. The van der Waals surface area contributed by atoms with Gasteiger partial charge in [-0.2, -0.15) is 4.31 Å². The fraction of sp³-hybridized carbons (Fsp3) is 0.529. The molecule has 0 radical (unpaired) electrons. The molecule has 0 aliphatic rings. The molecule has 7 nitrogen and oxygen atoms in total. The Kier molecular flexibility index (Phi) is 5.84. The predicted octanol–water partition coefficient (Wildman–Crippen LogP) is 1.60. The lowest BCUT2D eigenvalue weighted by Crippen LogP contribution is -2.47. The molecular weight excluding hydrogens is 340 g/mol. The molecule has 2 rings (SSSR count). The number of imidazole rings is 1. The van der Waals surface area contributed by atoms with E-state index in [1.165, 1.54) is 4.31 Å². The number of likely N-dealkylation sites (N-methyl/N-ethyl adjacent to an activating group) is 1. The van der Waals surface area contributed by atoms with Crippen LogP contribution in [0.5, 0.6) is 0 Å². The van der Waals surface area contributed by atoms with Gasteiger partial charge in [-0.3, -0.25) is 4.79 Å². The molecule has 1 amide bonds. The van der Waals surface area contributed by atoms with E-state index < -0.39 is 15.6 Å². The predicted molar refractivity (Wildman–Crippen MR) is 98.7 cm³/mol. The Morgan fingerprint density at radius 2 is 1.96 bits per heavy atom. The number of benzene rings is 1. The van der Waals surface area contributed by atoms with E-state index in [0.29, 0.717) is 6.54 Å². The molecule has 1 aromatic carbocycles. The summed E-state index contributed by atoms with van der Waals surface area (Å²) in [5.74, 6) is -0.379. The summed E-state index contributed by atoms with van der Waals surface area (Å²) in [7, 11) is -3.54. The summed E-state index contributed by atoms with van der Waals surface area (Å²) in [6.45, 7) is 7.69. The lowest BCUT2D eigenvalue weighted by Gasteiger charge is -2.24. The van der Waals surface area contributed by atoms with Gasteiger partial charge >= 0.3 is 0 Å². The van der Waals surface area contributed by atoms with Gasteiger partial charge in [-0.1, -0.05) is 19.1 Å². The monoisotopic (exact) mass is 366 g/mol. The highest BCUT2D eigenvalue weighted by atomic mass is 32.2. The Hall–Kier alpha value is -1.93. The minimum atomic E-state index is -3.54. The van der Waals surface area contributed by atoms with Crippen molar-refractivity contribution in [3.63, 3.8) is 0 Å². The van der Waals surface area contributed by atoms with Crippen LogP contribution in [0.2, 0.25) is 0 Å². The second kappa shape index (κ2) is 7.53. The normalized spacial score (nSPS) is 12.7. The number of fused-ring (bicyclic) bond motifs is 1. The number of aromatic nitrogens is 2. The van der Waals surface area contributed by atoms with Crippen molar-refractivity contribution in [2.45, 2.75) is 39.8 Å². The number of amides is 1. The summed E-state index contributed by atoms with van der Waals surface area (Å²) in [6, 6.07) is 7.58. The molecule has 1 heterocycles. The molecule has 25 heavy (non-hydrogen) atoms. The van der Waals surface area contributed by atoms with E-state index in [0.717, 1.165) is 11.0 Å². The van der Waals surface area contributed by atoms with E-state index in [4.69, 9.17) is 0 Å². The van der Waals surface area contributed by atoms with Crippen LogP contribution in [0.15, 0.2) is 30.6 Å². The third kappa shape index (κ3) is 5.27. The Labute approximate surface area is 149 Å². The molecule has 0 fully saturated rings. The van der Waals surface area contributed by atoms with Gasteiger partial charge in [0.25, 0.3) is 0 Å². The van der Waals surface area contributed by atoms with Crippen LogP contribution in [0.3, 0.4) is 0 Å². The van der Waals surface area contributed by atoms with E-state index >= 15 is 0 Å². The van der Waals surface area contributed by atoms with E-state index in [-0.39, 0.29) is 24.7 Å². The highest BCUT2D eigenvalue weighted by Gasteiger charge is 2.24. The topological polar surface area (TPSA) is 84.3 Å². The molecule has 0 saturated heterocycles. The van der Waals surface area contributed by atoms with Crippen molar-refractivity contribution in [2.75, 3.05) is 18.8 Å². The number of para-hydroxylation sites is 2. The molecular formula is C17H26N4O3S. The van der Waals surface area contributed by atoms with Crippen LogP contribution in [0.4, 0.5) is 0 Å². The zero-order valence-corrected chi connectivity index (χ0v) is 16.0. The average Bonchev–Trinajstić information content (AvgIpc) is 2.92. The number of carbonyl (C=O) groups excluding carboxylic acids is 1. The van der Waals surface area contributed by atoms with Gasteiger partial charge in [0.2, 0.25) is 15.9 Å². The van der Waals surface area contributed by atoms with Gasteiger partial charge < -0.3 is 9.88 Å². The number of sulfonamides is 1. The van der Waals surface area contributed by atoms with E-state index in [1.54, 1.807) is 13.3 Å². The second-order valence-electron chi connectivity index (χ2n) is 6.97. The van der Waals surface area contributed by atoms with Crippen molar-refractivity contribution >= 4 is 27.0 Å². The third-order valence-electron chi connectivity index (χ3n) is 3.70. The molecule has 0 aliphatic heterocycles. The Bertz CT molecular complexity index is 837. The maximum atomic E-state index is 12.6. The zero-order chi connectivity index (χ0) is 18.7. The van der Waals surface area contributed by atoms with Gasteiger partial charge in [0, 0.05) is 18.6 Å². The maximum absolute atomic E-state index is 12.6. The first-order valence-corrected chi connectivity index (χ1v) is 9.92. The van der Waals surface area contributed by atoms with Gasteiger partial charge in [-0.15, -0.1) is 0 Å². The first-order chi connectivity index (χ1) is 11.6. The van der Waals surface area contributed by atoms with Crippen LogP contribution in [0, 0.1) is 0 Å². The number of rotatable bonds is 7. The average molecular weight is 366 g/mol. The van der Waals surface area contributed by atoms with Crippen molar-refractivity contribution < 1.29 is 13.2 Å². The number of hydrogen-bond acceptors (Lipinski definition) is 4. The third-order valence-corrected chi connectivity index (χ3v) is 5.57. The number of nitrogens with zero attached hydrogens (tertiary/aromatic N) is 3. The van der Waals surface area contributed by atoms with Crippen molar-refractivity contribution in [3.8, 4) is 0 Å². The molecule has 2 aromatic rings. The molecule has 0 atom stereocenters. The second-order valence-corrected chi connectivity index (χ2v) is 9.06. The molecule has 0 saturated carbocycles. The van der Waals surface area contributed by atoms with Crippen molar-refractivity contribution in [1.29, 1.82) is 0 Å². The van der Waals surface area contributed by atoms with Crippen LogP contribution in [-0.2, 0) is 21.4 Å². The largest absolute Gasteiger partial charge is 0.350 e. The van der Waals surface area contributed by atoms with Gasteiger partial charge in [0.05, 0.1) is 29.7 Å². The minimum Gasteiger partial charge on any atom is -0.350 e. The van der Waals surface area contributed by atoms with Crippen LogP contribution in [-0.4, -0.2) is 52.6 Å². The Morgan fingerprint density at radius 1 is 1.28 bits per heavy atom. The van der Waals surface area contributed by atoms with Crippen molar-refractivity contribution in [2.24, 2.45) is 0 Å². The Balaban J connectivity index is 2.04.